The van der Waals surface area contributed by atoms with E-state index < -0.39 is 11.2 Å². The number of carbonyl (C=O) groups excluding carboxylic acids is 1. The van der Waals surface area contributed by atoms with Gasteiger partial charge in [-0.3, -0.25) is 14.3 Å². The van der Waals surface area contributed by atoms with Gasteiger partial charge in [0.05, 0.1) is 5.56 Å². The number of rotatable bonds is 7. The minimum Gasteiger partial charge on any atom is -0.454 e. The van der Waals surface area contributed by atoms with Crippen molar-refractivity contribution >= 4 is 28.5 Å². The van der Waals surface area contributed by atoms with E-state index in [-0.39, 0.29) is 12.6 Å². The normalized spacial score (nSPS) is 13.5. The quantitative estimate of drug-likeness (QED) is 0.581. The zero-order valence-corrected chi connectivity index (χ0v) is 18.1. The molecule has 0 aliphatic heterocycles. The van der Waals surface area contributed by atoms with Crippen molar-refractivity contribution in [2.24, 2.45) is 0 Å². The highest BCUT2D eigenvalue weighted by atomic mass is 32.1. The summed E-state index contributed by atoms with van der Waals surface area (Å²) in [6.07, 6.45) is 5.90. The van der Waals surface area contributed by atoms with Crippen LogP contribution in [-0.2, 0) is 37.3 Å². The number of hydrogen-bond donors (Lipinski definition) is 1. The number of thiophene rings is 1. The fourth-order valence-corrected chi connectivity index (χ4v) is 5.18. The number of aromatic amines is 1. The van der Waals surface area contributed by atoms with Crippen molar-refractivity contribution in [1.82, 2.24) is 19.1 Å². The number of H-pyrrole nitrogens is 1. The molecule has 0 radical (unpaired) electrons. The molecule has 0 saturated carbocycles. The Bertz CT molecular complexity index is 1200. The number of aryl methyl sites for hydroxylation is 3. The Morgan fingerprint density at radius 1 is 1.23 bits per heavy atom. The lowest BCUT2D eigenvalue weighted by Crippen LogP contribution is -2.31. The van der Waals surface area contributed by atoms with Crippen LogP contribution in [0.2, 0.25) is 0 Å². The van der Waals surface area contributed by atoms with E-state index in [9.17, 15) is 14.4 Å². The van der Waals surface area contributed by atoms with E-state index in [0.29, 0.717) is 35.6 Å². The van der Waals surface area contributed by atoms with Crippen molar-refractivity contribution in [1.29, 1.82) is 0 Å². The van der Waals surface area contributed by atoms with Gasteiger partial charge in [-0.25, -0.2) is 14.6 Å². The van der Waals surface area contributed by atoms with Crippen LogP contribution in [0.3, 0.4) is 0 Å². The second-order valence-electron chi connectivity index (χ2n) is 7.54. The molecule has 0 aromatic carbocycles. The summed E-state index contributed by atoms with van der Waals surface area (Å²) in [7, 11) is 0. The predicted octanol–water partition coefficient (Wildman–Crippen LogP) is 3.00. The summed E-state index contributed by atoms with van der Waals surface area (Å²) in [5.41, 5.74) is 1.51. The molecule has 8 nitrogen and oxygen atoms in total. The lowest BCUT2D eigenvalue weighted by atomic mass is 9.96. The molecule has 1 N–H and O–H groups in total. The third kappa shape index (κ3) is 3.62. The number of nitrogens with zero attached hydrogens (tertiary/aromatic N) is 3. The maximum Gasteiger partial charge on any atom is 0.339 e. The highest BCUT2D eigenvalue weighted by Gasteiger charge is 2.23. The first-order chi connectivity index (χ1) is 14.5. The van der Waals surface area contributed by atoms with Gasteiger partial charge in [0.25, 0.3) is 5.56 Å². The average Bonchev–Trinajstić information content (AvgIpc) is 3.33. The van der Waals surface area contributed by atoms with E-state index in [0.717, 1.165) is 44.1 Å². The Balaban J connectivity index is 1.65. The second kappa shape index (κ2) is 8.59. The van der Waals surface area contributed by atoms with E-state index in [4.69, 9.17) is 4.74 Å². The number of hydrogen-bond acceptors (Lipinski definition) is 6. The van der Waals surface area contributed by atoms with Crippen molar-refractivity contribution in [2.45, 2.75) is 72.1 Å². The molecular formula is C21H26N4O4S. The standard InChI is InChI=1S/C21H26N4O4S/c1-3-5-10-25-18-17(19(26)23-21(25)28)24(4-2)16(22-18)11-29-20(27)14-12-30-15-9-7-6-8-13(14)15/h12H,3-11H2,1-2H3,(H,23,26,28). The van der Waals surface area contributed by atoms with Crippen LogP contribution in [-0.4, -0.2) is 25.1 Å². The molecule has 3 aromatic rings. The van der Waals surface area contributed by atoms with Crippen LogP contribution in [0.5, 0.6) is 0 Å². The van der Waals surface area contributed by atoms with E-state index >= 15 is 0 Å². The summed E-state index contributed by atoms with van der Waals surface area (Å²) in [6.45, 7) is 4.83. The molecule has 0 atom stereocenters. The number of carbonyl (C=O) groups is 1. The zero-order valence-electron chi connectivity index (χ0n) is 17.3. The molecule has 1 aliphatic carbocycles. The first-order valence-electron chi connectivity index (χ1n) is 10.5. The number of esters is 1. The molecule has 0 spiro atoms. The lowest BCUT2D eigenvalue weighted by molar-refractivity contribution is 0.0458. The van der Waals surface area contributed by atoms with E-state index in [1.807, 2.05) is 19.2 Å². The molecule has 0 fully saturated rings. The predicted molar refractivity (Wildman–Crippen MR) is 115 cm³/mol. The molecule has 0 saturated heterocycles. The van der Waals surface area contributed by atoms with Gasteiger partial charge in [-0.15, -0.1) is 11.3 Å². The summed E-state index contributed by atoms with van der Waals surface area (Å²) in [6, 6.07) is 0. The average molecular weight is 431 g/mol. The van der Waals surface area contributed by atoms with Crippen LogP contribution in [0.4, 0.5) is 0 Å². The van der Waals surface area contributed by atoms with Gasteiger partial charge in [0.1, 0.15) is 12.4 Å². The molecule has 9 heteroatoms. The van der Waals surface area contributed by atoms with Gasteiger partial charge in [-0.2, -0.15) is 0 Å². The summed E-state index contributed by atoms with van der Waals surface area (Å²) in [4.78, 5) is 45.7. The summed E-state index contributed by atoms with van der Waals surface area (Å²) in [5, 5.41) is 1.88. The molecule has 3 aromatic heterocycles. The van der Waals surface area contributed by atoms with Gasteiger partial charge < -0.3 is 9.30 Å². The maximum atomic E-state index is 12.7. The van der Waals surface area contributed by atoms with Gasteiger partial charge in [-0.05, 0) is 44.6 Å². The molecule has 30 heavy (non-hydrogen) atoms. The first-order valence-corrected chi connectivity index (χ1v) is 11.4. The van der Waals surface area contributed by atoms with Crippen LogP contribution in [0.1, 0.15) is 66.2 Å². The summed E-state index contributed by atoms with van der Waals surface area (Å²) >= 11 is 1.62. The van der Waals surface area contributed by atoms with Crippen molar-refractivity contribution in [3.63, 3.8) is 0 Å². The van der Waals surface area contributed by atoms with Crippen LogP contribution in [0.15, 0.2) is 15.0 Å². The Kier molecular flexibility index (Phi) is 5.90. The largest absolute Gasteiger partial charge is 0.454 e. The molecule has 3 heterocycles. The molecular weight excluding hydrogens is 404 g/mol. The molecule has 0 amide bonds. The number of unbranched alkanes of at least 4 members (excludes halogenated alkanes) is 1. The van der Waals surface area contributed by atoms with Crippen LogP contribution >= 0.6 is 11.3 Å². The lowest BCUT2D eigenvalue weighted by Gasteiger charge is -2.12. The third-order valence-electron chi connectivity index (χ3n) is 5.63. The van der Waals surface area contributed by atoms with Gasteiger partial charge in [-0.1, -0.05) is 13.3 Å². The molecule has 0 unspecified atom stereocenters. The van der Waals surface area contributed by atoms with Crippen molar-refractivity contribution in [3.8, 4) is 0 Å². The van der Waals surface area contributed by atoms with E-state index in [1.165, 1.54) is 9.44 Å². The number of ether oxygens (including phenoxy) is 1. The van der Waals surface area contributed by atoms with Crippen molar-refractivity contribution < 1.29 is 9.53 Å². The number of imidazole rings is 1. The van der Waals surface area contributed by atoms with Gasteiger partial charge in [0, 0.05) is 23.3 Å². The van der Waals surface area contributed by atoms with Crippen LogP contribution in [0.25, 0.3) is 11.2 Å². The van der Waals surface area contributed by atoms with Crippen molar-refractivity contribution in [3.05, 3.63) is 48.0 Å². The van der Waals surface area contributed by atoms with Crippen LogP contribution < -0.4 is 11.2 Å². The Labute approximate surface area is 177 Å². The van der Waals surface area contributed by atoms with Crippen LogP contribution in [0, 0.1) is 0 Å². The molecule has 4 rings (SSSR count). The fraction of sp³-hybridized carbons (Fsp3) is 0.524. The Morgan fingerprint density at radius 2 is 2.03 bits per heavy atom. The van der Waals surface area contributed by atoms with Crippen molar-refractivity contribution in [2.75, 3.05) is 0 Å². The fourth-order valence-electron chi connectivity index (χ4n) is 4.07. The minimum atomic E-state index is -0.471. The second-order valence-corrected chi connectivity index (χ2v) is 8.51. The highest BCUT2D eigenvalue weighted by Crippen LogP contribution is 2.30. The molecule has 160 valence electrons. The minimum absolute atomic E-state index is 0.0482. The SMILES string of the molecule is CCCCn1c(=O)[nH]c(=O)c2c1nc(COC(=O)c1csc3c1CCCC3)n2CC. The Morgan fingerprint density at radius 3 is 2.80 bits per heavy atom. The van der Waals surface area contributed by atoms with Gasteiger partial charge >= 0.3 is 11.7 Å². The number of fused-ring (bicyclic) bond motifs is 2. The van der Waals surface area contributed by atoms with E-state index in [1.54, 1.807) is 15.9 Å². The topological polar surface area (TPSA) is 99.0 Å². The van der Waals surface area contributed by atoms with Gasteiger partial charge in [0.2, 0.25) is 0 Å². The van der Waals surface area contributed by atoms with Gasteiger partial charge in [0.15, 0.2) is 11.2 Å². The summed E-state index contributed by atoms with van der Waals surface area (Å²) < 4.78 is 8.79. The molecule has 0 bridgehead atoms. The van der Waals surface area contributed by atoms with E-state index in [2.05, 4.69) is 9.97 Å². The Hall–Kier alpha value is -2.68. The maximum absolute atomic E-state index is 12.7. The number of nitrogens with one attached hydrogen (secondary N) is 1. The zero-order chi connectivity index (χ0) is 21.3. The third-order valence-corrected chi connectivity index (χ3v) is 6.72. The molecule has 1 aliphatic rings. The first kappa shape index (κ1) is 20.6. The smallest absolute Gasteiger partial charge is 0.339 e. The summed E-state index contributed by atoms with van der Waals surface area (Å²) in [5.74, 6) is 0.104. The highest BCUT2D eigenvalue weighted by molar-refractivity contribution is 7.10. The monoisotopic (exact) mass is 430 g/mol. The number of aromatic nitrogens is 4.